The third kappa shape index (κ3) is 4.00. The zero-order chi connectivity index (χ0) is 16.8. The molecule has 2 aromatic carbocycles. The van der Waals surface area contributed by atoms with Crippen molar-refractivity contribution in [1.29, 1.82) is 0 Å². The van der Waals surface area contributed by atoms with Crippen LogP contribution in [0.5, 0.6) is 11.5 Å². The second-order valence-corrected chi connectivity index (χ2v) is 4.82. The van der Waals surface area contributed by atoms with E-state index in [2.05, 4.69) is 5.32 Å². The average Bonchev–Trinajstić information content (AvgIpc) is 2.55. The maximum absolute atomic E-state index is 12.4. The smallest absolute Gasteiger partial charge is 0.255 e. The van der Waals surface area contributed by atoms with Gasteiger partial charge in [-0.2, -0.15) is 0 Å². The number of amides is 2. The summed E-state index contributed by atoms with van der Waals surface area (Å²) in [7, 11) is 3.03. The van der Waals surface area contributed by atoms with Gasteiger partial charge in [0.15, 0.2) is 11.5 Å². The predicted octanol–water partition coefficient (Wildman–Crippen LogP) is 1.98. The normalized spacial score (nSPS) is 10.0. The molecule has 0 atom stereocenters. The number of benzene rings is 2. The number of nitrogens with one attached hydrogen (secondary N) is 1. The molecule has 0 unspecified atom stereocenters. The molecule has 23 heavy (non-hydrogen) atoms. The Morgan fingerprint density at radius 3 is 2.39 bits per heavy atom. The molecule has 0 spiro atoms. The number of hydrogen-bond donors (Lipinski definition) is 2. The van der Waals surface area contributed by atoms with Gasteiger partial charge in [0.2, 0.25) is 5.91 Å². The summed E-state index contributed by atoms with van der Waals surface area (Å²) >= 11 is 0. The highest BCUT2D eigenvalue weighted by Crippen LogP contribution is 2.28. The van der Waals surface area contributed by atoms with Crippen LogP contribution in [0.3, 0.4) is 0 Å². The van der Waals surface area contributed by atoms with E-state index in [-0.39, 0.29) is 12.3 Å². The third-order valence-electron chi connectivity index (χ3n) is 3.28. The van der Waals surface area contributed by atoms with Gasteiger partial charge < -0.3 is 20.5 Å². The fourth-order valence-corrected chi connectivity index (χ4v) is 2.16. The van der Waals surface area contributed by atoms with Gasteiger partial charge in [-0.05, 0) is 29.8 Å². The van der Waals surface area contributed by atoms with E-state index in [1.54, 1.807) is 42.5 Å². The van der Waals surface area contributed by atoms with Gasteiger partial charge in [0.25, 0.3) is 5.91 Å². The molecule has 0 fully saturated rings. The van der Waals surface area contributed by atoms with Crippen LogP contribution in [0.15, 0.2) is 42.5 Å². The molecule has 3 N–H and O–H groups in total. The first-order valence-corrected chi connectivity index (χ1v) is 6.94. The third-order valence-corrected chi connectivity index (χ3v) is 3.28. The van der Waals surface area contributed by atoms with Gasteiger partial charge in [-0.15, -0.1) is 0 Å². The van der Waals surface area contributed by atoms with Gasteiger partial charge in [0, 0.05) is 11.3 Å². The minimum absolute atomic E-state index is 0.0579. The van der Waals surface area contributed by atoms with Crippen molar-refractivity contribution in [2.24, 2.45) is 5.73 Å². The Morgan fingerprint density at radius 1 is 1.04 bits per heavy atom. The lowest BCUT2D eigenvalue weighted by Crippen LogP contribution is -2.17. The largest absolute Gasteiger partial charge is 0.493 e. The molecule has 2 rings (SSSR count). The second kappa shape index (κ2) is 7.31. The average molecular weight is 314 g/mol. The second-order valence-electron chi connectivity index (χ2n) is 4.82. The summed E-state index contributed by atoms with van der Waals surface area (Å²) in [6.07, 6.45) is 0.0579. The standard InChI is InChI=1S/C17H18N2O4/c1-22-14-8-7-12(9-15(14)23-2)17(21)19-13-6-4-3-5-11(13)10-16(18)20/h3-9H,10H2,1-2H3,(H2,18,20)(H,19,21). The van der Waals surface area contributed by atoms with Crippen LogP contribution in [0.1, 0.15) is 15.9 Å². The van der Waals surface area contributed by atoms with Crippen LogP contribution in [-0.4, -0.2) is 26.0 Å². The van der Waals surface area contributed by atoms with Crippen molar-refractivity contribution in [2.75, 3.05) is 19.5 Å². The first-order valence-electron chi connectivity index (χ1n) is 6.94. The highest BCUT2D eigenvalue weighted by Gasteiger charge is 2.13. The van der Waals surface area contributed by atoms with Crippen molar-refractivity contribution in [3.05, 3.63) is 53.6 Å². The fourth-order valence-electron chi connectivity index (χ4n) is 2.16. The van der Waals surface area contributed by atoms with Crippen molar-refractivity contribution in [2.45, 2.75) is 6.42 Å². The molecular weight excluding hydrogens is 296 g/mol. The summed E-state index contributed by atoms with van der Waals surface area (Å²) in [5.41, 5.74) is 6.84. The summed E-state index contributed by atoms with van der Waals surface area (Å²) < 4.78 is 10.3. The van der Waals surface area contributed by atoms with Gasteiger partial charge in [-0.1, -0.05) is 18.2 Å². The Hall–Kier alpha value is -3.02. The van der Waals surface area contributed by atoms with Crippen LogP contribution in [0, 0.1) is 0 Å². The van der Waals surface area contributed by atoms with E-state index in [1.165, 1.54) is 14.2 Å². The van der Waals surface area contributed by atoms with Crippen molar-refractivity contribution in [3.8, 4) is 11.5 Å². The van der Waals surface area contributed by atoms with Crippen LogP contribution in [0.2, 0.25) is 0 Å². The van der Waals surface area contributed by atoms with E-state index in [0.717, 1.165) is 0 Å². The van der Waals surface area contributed by atoms with Crippen molar-refractivity contribution >= 4 is 17.5 Å². The molecule has 0 saturated carbocycles. The fraction of sp³-hybridized carbons (Fsp3) is 0.176. The maximum atomic E-state index is 12.4. The van der Waals surface area contributed by atoms with Crippen molar-refractivity contribution in [1.82, 2.24) is 0 Å². The van der Waals surface area contributed by atoms with Crippen molar-refractivity contribution in [3.63, 3.8) is 0 Å². The number of carbonyl (C=O) groups excluding carboxylic acids is 2. The number of ether oxygens (including phenoxy) is 2. The SMILES string of the molecule is COc1ccc(C(=O)Nc2ccccc2CC(N)=O)cc1OC. The Bertz CT molecular complexity index is 728. The van der Waals surface area contributed by atoms with Crippen LogP contribution < -0.4 is 20.5 Å². The number of anilines is 1. The molecule has 0 heterocycles. The van der Waals surface area contributed by atoms with Gasteiger partial charge >= 0.3 is 0 Å². The first kappa shape index (κ1) is 16.4. The summed E-state index contributed by atoms with van der Waals surface area (Å²) in [5.74, 6) is 0.226. The molecule has 2 amide bonds. The Kier molecular flexibility index (Phi) is 5.19. The lowest BCUT2D eigenvalue weighted by Gasteiger charge is -2.12. The van der Waals surface area contributed by atoms with E-state index in [1.807, 2.05) is 0 Å². The molecule has 0 aliphatic carbocycles. The quantitative estimate of drug-likeness (QED) is 0.853. The Balaban J connectivity index is 2.24. The number of hydrogen-bond acceptors (Lipinski definition) is 4. The molecule has 6 heteroatoms. The Labute approximate surface area is 134 Å². The number of nitrogens with two attached hydrogens (primary N) is 1. The van der Waals surface area contributed by atoms with E-state index >= 15 is 0 Å². The van der Waals surface area contributed by atoms with Crippen LogP contribution in [0.25, 0.3) is 0 Å². The van der Waals surface area contributed by atoms with E-state index in [4.69, 9.17) is 15.2 Å². The molecule has 0 bridgehead atoms. The van der Waals surface area contributed by atoms with Crippen molar-refractivity contribution < 1.29 is 19.1 Å². The van der Waals surface area contributed by atoms with E-state index in [9.17, 15) is 9.59 Å². The molecular formula is C17H18N2O4. The molecule has 0 aliphatic heterocycles. The number of methoxy groups -OCH3 is 2. The van der Waals surface area contributed by atoms with Gasteiger partial charge in [0.05, 0.1) is 20.6 Å². The molecule has 120 valence electrons. The van der Waals surface area contributed by atoms with Crippen LogP contribution in [0.4, 0.5) is 5.69 Å². The number of para-hydroxylation sites is 1. The number of carbonyl (C=O) groups is 2. The molecule has 6 nitrogen and oxygen atoms in total. The summed E-state index contributed by atoms with van der Waals surface area (Å²) in [6.45, 7) is 0. The lowest BCUT2D eigenvalue weighted by atomic mass is 10.1. The Morgan fingerprint density at radius 2 is 1.74 bits per heavy atom. The molecule has 0 aromatic heterocycles. The number of primary amides is 1. The monoisotopic (exact) mass is 314 g/mol. The highest BCUT2D eigenvalue weighted by atomic mass is 16.5. The minimum atomic E-state index is -0.460. The zero-order valence-electron chi connectivity index (χ0n) is 13.0. The van der Waals surface area contributed by atoms with Crippen LogP contribution >= 0.6 is 0 Å². The van der Waals surface area contributed by atoms with E-state index < -0.39 is 5.91 Å². The summed E-state index contributed by atoms with van der Waals surface area (Å²) in [5, 5.41) is 2.78. The minimum Gasteiger partial charge on any atom is -0.493 e. The maximum Gasteiger partial charge on any atom is 0.255 e. The lowest BCUT2D eigenvalue weighted by molar-refractivity contribution is -0.117. The zero-order valence-corrected chi connectivity index (χ0v) is 13.0. The summed E-state index contributed by atoms with van der Waals surface area (Å²) in [6, 6.07) is 11.9. The highest BCUT2D eigenvalue weighted by molar-refractivity contribution is 6.05. The van der Waals surface area contributed by atoms with Gasteiger partial charge in [0.1, 0.15) is 0 Å². The van der Waals surface area contributed by atoms with Gasteiger partial charge in [-0.3, -0.25) is 9.59 Å². The van der Waals surface area contributed by atoms with Gasteiger partial charge in [-0.25, -0.2) is 0 Å². The topological polar surface area (TPSA) is 90.6 Å². The summed E-state index contributed by atoms with van der Waals surface area (Å²) in [4.78, 5) is 23.5. The number of rotatable bonds is 6. The van der Waals surface area contributed by atoms with E-state index in [0.29, 0.717) is 28.3 Å². The molecule has 0 radical (unpaired) electrons. The predicted molar refractivity (Wildman–Crippen MR) is 86.8 cm³/mol. The molecule has 0 aliphatic rings. The molecule has 0 saturated heterocycles. The molecule has 2 aromatic rings. The first-order chi connectivity index (χ1) is 11.0. The van der Waals surface area contributed by atoms with Crippen LogP contribution in [-0.2, 0) is 11.2 Å².